The number of halogens is 1. The van der Waals surface area contributed by atoms with Gasteiger partial charge in [0.25, 0.3) is 11.8 Å². The average Bonchev–Trinajstić information content (AvgIpc) is 3.02. The zero-order valence-electron chi connectivity index (χ0n) is 23.5. The fourth-order valence-corrected chi connectivity index (χ4v) is 5.89. The fourth-order valence-electron chi connectivity index (χ4n) is 5.76. The number of nitrogens with one attached hydrogen (secondary N) is 1. The van der Waals surface area contributed by atoms with Crippen LogP contribution in [0.3, 0.4) is 0 Å². The third-order valence-corrected chi connectivity index (χ3v) is 8.33. The van der Waals surface area contributed by atoms with Gasteiger partial charge in [-0.3, -0.25) is 14.4 Å². The molecule has 8 heteroatoms. The van der Waals surface area contributed by atoms with Crippen LogP contribution in [0.25, 0.3) is 0 Å². The number of hydrogen-bond acceptors (Lipinski definition) is 4. The van der Waals surface area contributed by atoms with Gasteiger partial charge in [0, 0.05) is 61.2 Å². The lowest BCUT2D eigenvalue weighted by Gasteiger charge is -2.38. The highest BCUT2D eigenvalue weighted by molar-refractivity contribution is 6.30. The monoisotopic (exact) mass is 572 g/mol. The number of piperidine rings is 1. The number of anilines is 2. The molecule has 2 saturated heterocycles. The number of rotatable bonds is 7. The summed E-state index contributed by atoms with van der Waals surface area (Å²) in [5, 5.41) is 3.50. The molecule has 1 atom stereocenters. The molecule has 7 nitrogen and oxygen atoms in total. The smallest absolute Gasteiger partial charge is 0.256 e. The Bertz CT molecular complexity index is 1360. The Kier molecular flexibility index (Phi) is 9.24. The summed E-state index contributed by atoms with van der Waals surface area (Å²) in [7, 11) is 0. The lowest BCUT2D eigenvalue weighted by atomic mass is 9.94. The number of carbonyl (C=O) groups is 3. The lowest BCUT2D eigenvalue weighted by Crippen LogP contribution is -2.50. The third-order valence-electron chi connectivity index (χ3n) is 8.07. The topological polar surface area (TPSA) is 73.0 Å². The van der Waals surface area contributed by atoms with Gasteiger partial charge in [-0.05, 0) is 73.7 Å². The molecule has 0 bridgehead atoms. The number of nitrogens with zero attached hydrogens (tertiary/aromatic N) is 3. The highest BCUT2D eigenvalue weighted by Gasteiger charge is 2.30. The highest BCUT2D eigenvalue weighted by atomic mass is 35.5. The van der Waals surface area contributed by atoms with Crippen LogP contribution in [0.1, 0.15) is 64.8 Å². The van der Waals surface area contributed by atoms with Gasteiger partial charge in [-0.25, -0.2) is 0 Å². The van der Waals surface area contributed by atoms with Crippen LogP contribution in [0, 0.1) is 0 Å². The molecule has 5 rings (SSSR count). The van der Waals surface area contributed by atoms with Crippen LogP contribution < -0.4 is 10.2 Å². The molecule has 3 aromatic rings. The lowest BCUT2D eigenvalue weighted by molar-refractivity contribution is -0.133. The molecule has 214 valence electrons. The van der Waals surface area contributed by atoms with Gasteiger partial charge in [0.15, 0.2) is 0 Å². The van der Waals surface area contributed by atoms with E-state index in [0.29, 0.717) is 48.0 Å². The van der Waals surface area contributed by atoms with E-state index >= 15 is 0 Å². The molecule has 2 heterocycles. The molecule has 0 saturated carbocycles. The van der Waals surface area contributed by atoms with Crippen molar-refractivity contribution in [2.24, 2.45) is 0 Å². The van der Waals surface area contributed by atoms with Crippen molar-refractivity contribution in [3.8, 4) is 0 Å². The first-order chi connectivity index (χ1) is 19.9. The van der Waals surface area contributed by atoms with Crippen molar-refractivity contribution in [1.29, 1.82) is 0 Å². The first-order valence-corrected chi connectivity index (χ1v) is 14.9. The van der Waals surface area contributed by atoms with Crippen molar-refractivity contribution in [1.82, 2.24) is 9.80 Å². The zero-order chi connectivity index (χ0) is 28.8. The van der Waals surface area contributed by atoms with E-state index in [4.69, 9.17) is 11.6 Å². The van der Waals surface area contributed by atoms with Crippen molar-refractivity contribution in [3.05, 3.63) is 94.5 Å². The van der Waals surface area contributed by atoms with E-state index in [9.17, 15) is 14.4 Å². The molecule has 0 aliphatic carbocycles. The number of hydrogen-bond donors (Lipinski definition) is 1. The van der Waals surface area contributed by atoms with Crippen LogP contribution in [0.4, 0.5) is 11.4 Å². The summed E-state index contributed by atoms with van der Waals surface area (Å²) >= 11 is 5.97. The van der Waals surface area contributed by atoms with Crippen LogP contribution >= 0.6 is 11.6 Å². The standard InChI is InChI=1S/C33H37ClN4O3/c1-2-28(24-9-5-3-6-10-24)32(40)38-21-19-36(20-22-38)30-16-15-27(35-31(39)25-11-13-26(34)14-12-25)23-29(30)33(41)37-17-7-4-8-18-37/h3,5-6,9-16,23,28H,2,4,7-8,17-22H2,1H3,(H,35,39)/t28-/m0/s1. The maximum absolute atomic E-state index is 13.8. The second-order valence-corrected chi connectivity index (χ2v) is 11.2. The molecule has 2 fully saturated rings. The van der Waals surface area contributed by atoms with Crippen LogP contribution in [0.15, 0.2) is 72.8 Å². The first kappa shape index (κ1) is 28.7. The van der Waals surface area contributed by atoms with Gasteiger partial charge < -0.3 is 20.0 Å². The molecule has 0 radical (unpaired) electrons. The van der Waals surface area contributed by atoms with Crippen LogP contribution in [0.2, 0.25) is 5.02 Å². The summed E-state index contributed by atoms with van der Waals surface area (Å²) < 4.78 is 0. The van der Waals surface area contributed by atoms with Gasteiger partial charge in [0.1, 0.15) is 0 Å². The van der Waals surface area contributed by atoms with E-state index in [1.807, 2.05) is 52.3 Å². The van der Waals surface area contributed by atoms with Gasteiger partial charge >= 0.3 is 0 Å². The molecule has 1 N–H and O–H groups in total. The zero-order valence-corrected chi connectivity index (χ0v) is 24.3. The molecule has 2 aliphatic heterocycles. The maximum atomic E-state index is 13.8. The van der Waals surface area contributed by atoms with E-state index in [-0.39, 0.29) is 23.6 Å². The van der Waals surface area contributed by atoms with Crippen LogP contribution in [-0.4, -0.2) is 66.8 Å². The number of likely N-dealkylation sites (tertiary alicyclic amines) is 1. The average molecular weight is 573 g/mol. The summed E-state index contributed by atoms with van der Waals surface area (Å²) in [6.07, 6.45) is 3.87. The predicted octanol–water partition coefficient (Wildman–Crippen LogP) is 6.06. The van der Waals surface area contributed by atoms with Crippen LogP contribution in [-0.2, 0) is 4.79 Å². The quantitative estimate of drug-likeness (QED) is 0.373. The van der Waals surface area contributed by atoms with E-state index in [2.05, 4.69) is 17.1 Å². The third kappa shape index (κ3) is 6.73. The molecule has 0 spiro atoms. The van der Waals surface area contributed by atoms with Crippen molar-refractivity contribution < 1.29 is 14.4 Å². The summed E-state index contributed by atoms with van der Waals surface area (Å²) in [5.74, 6) is -0.275. The second kappa shape index (κ2) is 13.2. The Morgan fingerprint density at radius 1 is 0.805 bits per heavy atom. The molecule has 0 aromatic heterocycles. The maximum Gasteiger partial charge on any atom is 0.256 e. The largest absolute Gasteiger partial charge is 0.367 e. The molecule has 3 aromatic carbocycles. The van der Waals surface area contributed by atoms with Gasteiger partial charge in [0.05, 0.1) is 11.5 Å². The second-order valence-electron chi connectivity index (χ2n) is 10.7. The first-order valence-electron chi connectivity index (χ1n) is 14.5. The minimum atomic E-state index is -0.262. The number of carbonyl (C=O) groups excluding carboxylic acids is 3. The van der Waals surface area contributed by atoms with Gasteiger partial charge in [0.2, 0.25) is 5.91 Å². The molecule has 3 amide bonds. The SMILES string of the molecule is CC[C@H](C(=O)N1CCN(c2ccc(NC(=O)c3ccc(Cl)cc3)cc2C(=O)N2CCCCC2)CC1)c1ccccc1. The molecule has 0 unspecified atom stereocenters. The summed E-state index contributed by atoms with van der Waals surface area (Å²) in [6, 6.07) is 22.2. The van der Waals surface area contributed by atoms with Crippen molar-refractivity contribution in [3.63, 3.8) is 0 Å². The van der Waals surface area contributed by atoms with Crippen molar-refractivity contribution in [2.75, 3.05) is 49.5 Å². The van der Waals surface area contributed by atoms with Crippen molar-refractivity contribution in [2.45, 2.75) is 38.5 Å². The van der Waals surface area contributed by atoms with Crippen LogP contribution in [0.5, 0.6) is 0 Å². The Hall–Kier alpha value is -3.84. The molecule has 2 aliphatic rings. The number of amides is 3. The number of piperazine rings is 1. The highest BCUT2D eigenvalue weighted by Crippen LogP contribution is 2.30. The van der Waals surface area contributed by atoms with Gasteiger partial charge in [-0.2, -0.15) is 0 Å². The Morgan fingerprint density at radius 2 is 1.49 bits per heavy atom. The van der Waals surface area contributed by atoms with Gasteiger partial charge in [-0.15, -0.1) is 0 Å². The Morgan fingerprint density at radius 3 is 2.15 bits per heavy atom. The fraction of sp³-hybridized carbons (Fsp3) is 0.364. The Labute approximate surface area is 247 Å². The van der Waals surface area contributed by atoms with E-state index < -0.39 is 0 Å². The summed E-state index contributed by atoms with van der Waals surface area (Å²) in [4.78, 5) is 46.1. The van der Waals surface area contributed by atoms with E-state index in [1.54, 1.807) is 30.3 Å². The van der Waals surface area contributed by atoms with E-state index in [0.717, 1.165) is 50.0 Å². The molecular weight excluding hydrogens is 536 g/mol. The molecule has 41 heavy (non-hydrogen) atoms. The van der Waals surface area contributed by atoms with Crippen molar-refractivity contribution >= 4 is 40.7 Å². The number of benzene rings is 3. The predicted molar refractivity (Wildman–Crippen MR) is 164 cm³/mol. The summed E-state index contributed by atoms with van der Waals surface area (Å²) in [6.45, 7) is 5.97. The normalized spacial score (nSPS) is 16.3. The minimum Gasteiger partial charge on any atom is -0.367 e. The minimum absolute atomic E-state index is 0.0177. The Balaban J connectivity index is 1.34. The molecular formula is C33H37ClN4O3. The van der Waals surface area contributed by atoms with Gasteiger partial charge in [-0.1, -0.05) is 48.9 Å². The van der Waals surface area contributed by atoms with E-state index in [1.165, 1.54) is 0 Å². The summed E-state index contributed by atoms with van der Waals surface area (Å²) in [5.41, 5.74) is 3.53.